The molecule has 1 rings (SSSR count). The second kappa shape index (κ2) is 2.69. The molecule has 4 nitrogen and oxygen atoms in total. The van der Waals surface area contributed by atoms with E-state index < -0.39 is 0 Å². The van der Waals surface area contributed by atoms with Crippen LogP contribution in [0.4, 0.5) is 0 Å². The van der Waals surface area contributed by atoms with Crippen molar-refractivity contribution in [3.63, 3.8) is 0 Å². The first-order chi connectivity index (χ1) is 4.43. The molecule has 0 spiro atoms. The Kier molecular flexibility index (Phi) is 1.67. The molecule has 0 atom stereocenters. The van der Waals surface area contributed by atoms with Crippen LogP contribution in [-0.4, -0.2) is 0 Å². The van der Waals surface area contributed by atoms with Gasteiger partial charge in [0.1, 0.15) is 5.53 Å². The van der Waals surface area contributed by atoms with Crippen LogP contribution in [0, 0.1) is 5.53 Å². The third-order valence-corrected chi connectivity index (χ3v) is 0.848. The van der Waals surface area contributed by atoms with Gasteiger partial charge in [-0.1, -0.05) is 6.07 Å². The highest BCUT2D eigenvalue weighted by atomic mass is 15.4. The molecule has 0 aliphatic carbocycles. The lowest BCUT2D eigenvalue weighted by Gasteiger charge is -1.69. The number of aromatic nitrogens is 1. The second-order valence-electron chi connectivity index (χ2n) is 1.44. The van der Waals surface area contributed by atoms with Gasteiger partial charge in [-0.05, 0) is 0 Å². The number of rotatable bonds is 1. The molecule has 0 radical (unpaired) electrons. The molecule has 1 N–H and O–H groups in total. The first-order valence-corrected chi connectivity index (χ1v) is 2.47. The average molecular weight is 122 g/mol. The zero-order chi connectivity index (χ0) is 6.53. The molecule has 44 valence electrons. The minimum absolute atomic E-state index is 1.45. The van der Waals surface area contributed by atoms with Gasteiger partial charge in [-0.25, -0.2) is 0 Å². The van der Waals surface area contributed by atoms with Gasteiger partial charge < -0.3 is 0 Å². The molecule has 0 fully saturated rings. The number of hydrogen-bond donors (Lipinski definition) is 1. The minimum Gasteiger partial charge on any atom is -0.0502 e. The standard InChI is InChI=1S/C5H6N4/c6-7-8-9-4-2-1-3-5-9/h1-6H/q+2. The number of nitrogens with one attached hydrogen (secondary N) is 1. The van der Waals surface area contributed by atoms with Gasteiger partial charge in [0.15, 0.2) is 0 Å². The number of pyridine rings is 1. The molecule has 0 aliphatic heterocycles. The van der Waals surface area contributed by atoms with Gasteiger partial charge >= 0.3 is 5.22 Å². The second-order valence-corrected chi connectivity index (χ2v) is 1.44. The lowest BCUT2D eigenvalue weighted by molar-refractivity contribution is -0.687. The van der Waals surface area contributed by atoms with Crippen molar-refractivity contribution in [3.05, 3.63) is 30.6 Å². The zero-order valence-corrected chi connectivity index (χ0v) is 4.73. The average Bonchev–Trinajstić information content (AvgIpc) is 1.91. The Morgan fingerprint density at radius 3 is 2.44 bits per heavy atom. The van der Waals surface area contributed by atoms with Crippen LogP contribution in [0.5, 0.6) is 0 Å². The van der Waals surface area contributed by atoms with Gasteiger partial charge in [0, 0.05) is 16.8 Å². The Morgan fingerprint density at radius 2 is 1.89 bits per heavy atom. The maximum Gasteiger partial charge on any atom is 0.436 e. The third kappa shape index (κ3) is 1.44. The summed E-state index contributed by atoms with van der Waals surface area (Å²) in [7, 11) is 0. The maximum absolute atomic E-state index is 6.38. The Balaban J connectivity index is 2.97. The molecule has 0 saturated carbocycles. The highest BCUT2D eigenvalue weighted by Gasteiger charge is 1.96. The van der Waals surface area contributed by atoms with Crippen molar-refractivity contribution in [2.45, 2.75) is 0 Å². The fourth-order valence-corrected chi connectivity index (χ4v) is 0.501. The largest absolute Gasteiger partial charge is 0.436 e. The molecular formula is C5H6N4+2. The predicted octanol–water partition coefficient (Wildman–Crippen LogP) is 0.288. The van der Waals surface area contributed by atoms with E-state index in [0.717, 1.165) is 0 Å². The van der Waals surface area contributed by atoms with Crippen molar-refractivity contribution >= 4 is 0 Å². The Morgan fingerprint density at radius 1 is 1.22 bits per heavy atom. The van der Waals surface area contributed by atoms with E-state index in [1.165, 1.54) is 4.68 Å². The van der Waals surface area contributed by atoms with E-state index in [9.17, 15) is 0 Å². The van der Waals surface area contributed by atoms with E-state index in [4.69, 9.17) is 5.53 Å². The Labute approximate surface area is 52.0 Å². The van der Waals surface area contributed by atoms with Crippen molar-refractivity contribution < 1.29 is 4.68 Å². The fourth-order valence-electron chi connectivity index (χ4n) is 0.501. The van der Waals surface area contributed by atoms with Gasteiger partial charge in [-0.3, -0.25) is 0 Å². The van der Waals surface area contributed by atoms with E-state index in [2.05, 4.69) is 10.1 Å². The molecule has 0 aromatic carbocycles. The van der Waals surface area contributed by atoms with Crippen molar-refractivity contribution in [2.24, 2.45) is 5.22 Å². The van der Waals surface area contributed by atoms with E-state index in [1.807, 2.05) is 18.2 Å². The number of hydrogen-bond acceptors (Lipinski definition) is 2. The van der Waals surface area contributed by atoms with Crippen LogP contribution in [0.1, 0.15) is 0 Å². The molecule has 1 heterocycles. The topological polar surface area (TPSA) is 54.2 Å². The van der Waals surface area contributed by atoms with Crippen LogP contribution in [0.2, 0.25) is 0 Å². The van der Waals surface area contributed by atoms with E-state index in [-0.39, 0.29) is 0 Å². The summed E-state index contributed by atoms with van der Waals surface area (Å²) in [6, 6.07) is 5.50. The summed E-state index contributed by atoms with van der Waals surface area (Å²) in [6.45, 7) is 0. The van der Waals surface area contributed by atoms with Crippen molar-refractivity contribution in [2.75, 3.05) is 0 Å². The summed E-state index contributed by atoms with van der Waals surface area (Å²) < 4.78 is 1.45. The van der Waals surface area contributed by atoms with Crippen molar-refractivity contribution in [3.8, 4) is 0 Å². The Bertz CT molecular complexity index is 224. The summed E-state index contributed by atoms with van der Waals surface area (Å²) >= 11 is 0. The van der Waals surface area contributed by atoms with Gasteiger partial charge in [-0.2, -0.15) is 0 Å². The highest BCUT2D eigenvalue weighted by molar-refractivity contribution is 4.83. The van der Waals surface area contributed by atoms with Gasteiger partial charge in [0.2, 0.25) is 12.4 Å². The lowest BCUT2D eigenvalue weighted by atomic mass is 10.5. The summed E-state index contributed by atoms with van der Waals surface area (Å²) in [5.41, 5.74) is 6.38. The van der Waals surface area contributed by atoms with Crippen molar-refractivity contribution in [1.29, 1.82) is 5.53 Å². The minimum atomic E-state index is 1.45. The molecule has 0 bridgehead atoms. The molecule has 4 heteroatoms. The SMILES string of the molecule is N=[N+]=N[n+]1ccccc1. The van der Waals surface area contributed by atoms with Crippen LogP contribution in [-0.2, 0) is 0 Å². The van der Waals surface area contributed by atoms with Crippen molar-refractivity contribution in [1.82, 2.24) is 4.91 Å². The molecule has 0 saturated heterocycles. The van der Waals surface area contributed by atoms with E-state index in [1.54, 1.807) is 12.4 Å². The smallest absolute Gasteiger partial charge is 0.0502 e. The van der Waals surface area contributed by atoms with Crippen LogP contribution in [0.15, 0.2) is 35.8 Å². The molecule has 0 amide bonds. The van der Waals surface area contributed by atoms with Gasteiger partial charge in [0.05, 0.1) is 0 Å². The van der Waals surface area contributed by atoms with Crippen LogP contribution < -0.4 is 9.59 Å². The molecule has 1 aromatic heterocycles. The van der Waals surface area contributed by atoms with Crippen LogP contribution in [0.25, 0.3) is 0 Å². The van der Waals surface area contributed by atoms with Crippen LogP contribution >= 0.6 is 0 Å². The molecule has 0 unspecified atom stereocenters. The summed E-state index contributed by atoms with van der Waals surface area (Å²) in [5.74, 6) is 0. The first-order valence-electron chi connectivity index (χ1n) is 2.47. The first kappa shape index (κ1) is 5.59. The third-order valence-electron chi connectivity index (χ3n) is 0.848. The fraction of sp³-hybridized carbons (Fsp3) is 0. The summed E-state index contributed by atoms with van der Waals surface area (Å²) in [6.07, 6.45) is 3.41. The highest BCUT2D eigenvalue weighted by Crippen LogP contribution is 1.73. The molecule has 9 heavy (non-hydrogen) atoms. The summed E-state index contributed by atoms with van der Waals surface area (Å²) in [4.78, 5) is 2.84. The maximum atomic E-state index is 6.38. The molecular weight excluding hydrogens is 116 g/mol. The summed E-state index contributed by atoms with van der Waals surface area (Å²) in [5, 5.41) is 3.42. The van der Waals surface area contributed by atoms with E-state index >= 15 is 0 Å². The number of nitrogens with zero attached hydrogens (tertiary/aromatic N) is 3. The van der Waals surface area contributed by atoms with E-state index in [0.29, 0.717) is 0 Å². The Hall–Kier alpha value is -1.54. The predicted molar refractivity (Wildman–Crippen MR) is 29.3 cm³/mol. The van der Waals surface area contributed by atoms with Crippen LogP contribution in [0.3, 0.4) is 0 Å². The monoisotopic (exact) mass is 122 g/mol. The molecule has 1 aromatic rings. The molecule has 0 aliphatic rings. The van der Waals surface area contributed by atoms with Gasteiger partial charge in [0.25, 0.3) is 4.91 Å². The normalized spacial score (nSPS) is 8.00. The lowest BCUT2D eigenvalue weighted by Crippen LogP contribution is -2.25. The quantitative estimate of drug-likeness (QED) is 0.316. The zero-order valence-electron chi connectivity index (χ0n) is 4.73. The van der Waals surface area contributed by atoms with Gasteiger partial charge in [-0.15, -0.1) is 0 Å².